The molecule has 7 heteroatoms. The van der Waals surface area contributed by atoms with E-state index in [1.54, 1.807) is 6.92 Å². The van der Waals surface area contributed by atoms with Gasteiger partial charge >= 0.3 is 0 Å². The largest absolute Gasteiger partial charge is 0.397 e. The third-order valence-electron chi connectivity index (χ3n) is 3.75. The highest BCUT2D eigenvalue weighted by Crippen LogP contribution is 2.24. The molecule has 1 fully saturated rings. The molecule has 1 aromatic rings. The molecule has 1 heterocycles. The number of nitrogens with zero attached hydrogens (tertiary/aromatic N) is 3. The fourth-order valence-electron chi connectivity index (χ4n) is 2.51. The van der Waals surface area contributed by atoms with E-state index in [2.05, 4.69) is 4.90 Å². The highest BCUT2D eigenvalue weighted by Gasteiger charge is 2.33. The molecule has 21 heavy (non-hydrogen) atoms. The van der Waals surface area contributed by atoms with Gasteiger partial charge in [0.05, 0.1) is 17.4 Å². The molecule has 0 aliphatic carbocycles. The van der Waals surface area contributed by atoms with Crippen LogP contribution in [0, 0.1) is 11.3 Å². The van der Waals surface area contributed by atoms with Gasteiger partial charge in [0.2, 0.25) is 10.0 Å². The summed E-state index contributed by atoms with van der Waals surface area (Å²) in [5.74, 6) is 0. The molecule has 0 spiro atoms. The maximum atomic E-state index is 12.3. The Balaban J connectivity index is 2.08. The van der Waals surface area contributed by atoms with Gasteiger partial charge in [-0.15, -0.1) is 0 Å². The summed E-state index contributed by atoms with van der Waals surface area (Å²) >= 11 is 0. The fraction of sp³-hybridized carbons (Fsp3) is 0.500. The SMILES string of the molecule is CCC(C#N)S(=O)(=O)N1CCN(c2ccccc2N)CC1. The Morgan fingerprint density at radius 2 is 1.90 bits per heavy atom. The number of rotatable bonds is 4. The van der Waals surface area contributed by atoms with Gasteiger partial charge in [-0.25, -0.2) is 8.42 Å². The van der Waals surface area contributed by atoms with E-state index in [1.165, 1.54) is 4.31 Å². The lowest BCUT2D eigenvalue weighted by molar-refractivity contribution is 0.381. The third-order valence-corrected chi connectivity index (χ3v) is 5.99. The summed E-state index contributed by atoms with van der Waals surface area (Å²) in [6, 6.07) is 9.43. The number of hydrogen-bond donors (Lipinski definition) is 1. The Morgan fingerprint density at radius 1 is 1.29 bits per heavy atom. The maximum absolute atomic E-state index is 12.3. The van der Waals surface area contributed by atoms with Gasteiger partial charge in [-0.2, -0.15) is 9.57 Å². The minimum atomic E-state index is -3.53. The van der Waals surface area contributed by atoms with Crippen LogP contribution in [0.4, 0.5) is 11.4 Å². The van der Waals surface area contributed by atoms with Gasteiger partial charge < -0.3 is 10.6 Å². The minimum Gasteiger partial charge on any atom is -0.397 e. The summed E-state index contributed by atoms with van der Waals surface area (Å²) in [5.41, 5.74) is 7.57. The number of hydrogen-bond acceptors (Lipinski definition) is 5. The van der Waals surface area contributed by atoms with Crippen LogP contribution in [-0.2, 0) is 10.0 Å². The third kappa shape index (κ3) is 3.12. The molecular formula is C14H20N4O2S. The van der Waals surface area contributed by atoms with E-state index in [0.717, 1.165) is 5.69 Å². The predicted octanol–water partition coefficient (Wildman–Crippen LogP) is 1.02. The van der Waals surface area contributed by atoms with Crippen LogP contribution in [0.25, 0.3) is 0 Å². The second-order valence-corrected chi connectivity index (χ2v) is 7.13. The number of piperazine rings is 1. The van der Waals surface area contributed by atoms with Crippen LogP contribution in [0.15, 0.2) is 24.3 Å². The molecule has 1 unspecified atom stereocenters. The number of benzene rings is 1. The van der Waals surface area contributed by atoms with Gasteiger partial charge in [0.1, 0.15) is 0 Å². The molecule has 2 rings (SSSR count). The molecule has 0 saturated carbocycles. The van der Waals surface area contributed by atoms with Crippen molar-refractivity contribution in [1.82, 2.24) is 4.31 Å². The quantitative estimate of drug-likeness (QED) is 0.839. The van der Waals surface area contributed by atoms with Crippen LogP contribution in [0.5, 0.6) is 0 Å². The van der Waals surface area contributed by atoms with Gasteiger partial charge in [0.15, 0.2) is 5.25 Å². The molecule has 1 atom stereocenters. The zero-order valence-electron chi connectivity index (χ0n) is 12.1. The average Bonchev–Trinajstić information content (AvgIpc) is 2.49. The lowest BCUT2D eigenvalue weighted by atomic mass is 10.2. The van der Waals surface area contributed by atoms with Crippen LogP contribution in [-0.4, -0.2) is 44.2 Å². The van der Waals surface area contributed by atoms with Crippen molar-refractivity contribution in [3.63, 3.8) is 0 Å². The topological polar surface area (TPSA) is 90.4 Å². The van der Waals surface area contributed by atoms with Crippen molar-refractivity contribution < 1.29 is 8.42 Å². The second-order valence-electron chi connectivity index (χ2n) is 5.02. The van der Waals surface area contributed by atoms with Crippen LogP contribution < -0.4 is 10.6 Å². The Hall–Kier alpha value is -1.78. The van der Waals surface area contributed by atoms with Crippen LogP contribution in [0.1, 0.15) is 13.3 Å². The van der Waals surface area contributed by atoms with E-state index in [0.29, 0.717) is 38.3 Å². The summed E-state index contributed by atoms with van der Waals surface area (Å²) < 4.78 is 26.1. The summed E-state index contributed by atoms with van der Waals surface area (Å²) in [5, 5.41) is 8.02. The van der Waals surface area contributed by atoms with Gasteiger partial charge in [-0.3, -0.25) is 0 Å². The molecular weight excluding hydrogens is 288 g/mol. The zero-order chi connectivity index (χ0) is 15.5. The van der Waals surface area contributed by atoms with Crippen molar-refractivity contribution in [3.8, 4) is 6.07 Å². The summed E-state index contributed by atoms with van der Waals surface area (Å²) in [6.07, 6.45) is 0.310. The number of nitrogen functional groups attached to an aromatic ring is 1. The van der Waals surface area contributed by atoms with Gasteiger partial charge in [-0.1, -0.05) is 19.1 Å². The summed E-state index contributed by atoms with van der Waals surface area (Å²) in [6.45, 7) is 3.64. The van der Waals surface area contributed by atoms with Crippen molar-refractivity contribution >= 4 is 21.4 Å². The Labute approximate surface area is 125 Å². The zero-order valence-corrected chi connectivity index (χ0v) is 12.9. The standard InChI is InChI=1S/C14H20N4O2S/c1-2-12(11-15)21(19,20)18-9-7-17(8-10-18)14-6-4-3-5-13(14)16/h3-6,12H,2,7-10,16H2,1H3. The van der Waals surface area contributed by atoms with E-state index in [1.807, 2.05) is 30.3 Å². The first-order valence-electron chi connectivity index (χ1n) is 6.98. The fourth-order valence-corrected chi connectivity index (χ4v) is 4.09. The van der Waals surface area contributed by atoms with Crippen molar-refractivity contribution in [2.24, 2.45) is 0 Å². The van der Waals surface area contributed by atoms with Gasteiger partial charge in [-0.05, 0) is 18.6 Å². The highest BCUT2D eigenvalue weighted by molar-refractivity contribution is 7.90. The van der Waals surface area contributed by atoms with Crippen molar-refractivity contribution in [2.45, 2.75) is 18.6 Å². The molecule has 1 aliphatic heterocycles. The number of anilines is 2. The molecule has 114 valence electrons. The minimum absolute atomic E-state index is 0.310. The van der Waals surface area contributed by atoms with Crippen LogP contribution in [0.2, 0.25) is 0 Å². The van der Waals surface area contributed by atoms with E-state index < -0.39 is 15.3 Å². The molecule has 0 amide bonds. The van der Waals surface area contributed by atoms with E-state index in [9.17, 15) is 8.42 Å². The van der Waals surface area contributed by atoms with Crippen LogP contribution >= 0.6 is 0 Å². The Bertz CT molecular complexity index is 631. The molecule has 0 radical (unpaired) electrons. The van der Waals surface area contributed by atoms with Crippen LogP contribution in [0.3, 0.4) is 0 Å². The molecule has 6 nitrogen and oxygen atoms in total. The van der Waals surface area contributed by atoms with Gasteiger partial charge in [0, 0.05) is 26.2 Å². The summed E-state index contributed by atoms with van der Waals surface area (Å²) in [4.78, 5) is 2.08. The van der Waals surface area contributed by atoms with E-state index >= 15 is 0 Å². The smallest absolute Gasteiger partial charge is 0.230 e. The van der Waals surface area contributed by atoms with Crippen molar-refractivity contribution in [3.05, 3.63) is 24.3 Å². The molecule has 1 aliphatic rings. The first kappa shape index (κ1) is 15.6. The summed E-state index contributed by atoms with van der Waals surface area (Å²) in [7, 11) is -3.53. The molecule has 1 aromatic carbocycles. The van der Waals surface area contributed by atoms with Crippen molar-refractivity contribution in [2.75, 3.05) is 36.8 Å². The number of para-hydroxylation sites is 2. The monoisotopic (exact) mass is 308 g/mol. The molecule has 0 bridgehead atoms. The lowest BCUT2D eigenvalue weighted by Gasteiger charge is -2.36. The van der Waals surface area contributed by atoms with Gasteiger partial charge in [0.25, 0.3) is 0 Å². The molecule has 2 N–H and O–H groups in total. The number of nitrogens with two attached hydrogens (primary N) is 1. The highest BCUT2D eigenvalue weighted by atomic mass is 32.2. The van der Waals surface area contributed by atoms with Crippen molar-refractivity contribution in [1.29, 1.82) is 5.26 Å². The average molecular weight is 308 g/mol. The number of nitriles is 1. The van der Waals surface area contributed by atoms with E-state index in [4.69, 9.17) is 11.0 Å². The maximum Gasteiger partial charge on any atom is 0.230 e. The molecule has 0 aromatic heterocycles. The second kappa shape index (κ2) is 6.33. The number of sulfonamides is 1. The first-order chi connectivity index (χ1) is 10.0. The van der Waals surface area contributed by atoms with E-state index in [-0.39, 0.29) is 0 Å². The lowest BCUT2D eigenvalue weighted by Crippen LogP contribution is -2.51. The molecule has 1 saturated heterocycles. The Morgan fingerprint density at radius 3 is 2.43 bits per heavy atom. The first-order valence-corrected chi connectivity index (χ1v) is 8.49. The normalized spacial score (nSPS) is 18.2. The predicted molar refractivity (Wildman–Crippen MR) is 83.3 cm³/mol. The Kier molecular flexibility index (Phi) is 4.70.